The molecule has 1 rings (SSSR count). The predicted octanol–water partition coefficient (Wildman–Crippen LogP) is 2.61. The number of benzene rings is 1. The van der Waals surface area contributed by atoms with Crippen LogP contribution in [0.4, 0.5) is 8.78 Å². The lowest BCUT2D eigenvalue weighted by Gasteiger charge is -2.14. The maximum Gasteiger partial charge on any atom is 0.387 e. The van der Waals surface area contributed by atoms with Crippen molar-refractivity contribution in [3.05, 3.63) is 28.2 Å². The first-order valence-corrected chi connectivity index (χ1v) is 5.89. The highest BCUT2D eigenvalue weighted by Gasteiger charge is 2.15. The molecular formula is C11H12BrF2NO3. The van der Waals surface area contributed by atoms with Crippen LogP contribution in [-0.2, 0) is 11.3 Å². The summed E-state index contributed by atoms with van der Waals surface area (Å²) in [5.41, 5.74) is 0.456. The molecule has 4 nitrogen and oxygen atoms in total. The first kappa shape index (κ1) is 14.8. The first-order valence-electron chi connectivity index (χ1n) is 5.10. The average Bonchev–Trinajstić information content (AvgIpc) is 2.28. The minimum atomic E-state index is -2.93. The molecule has 0 aliphatic carbocycles. The van der Waals surface area contributed by atoms with Crippen LogP contribution in [0.3, 0.4) is 0 Å². The zero-order chi connectivity index (χ0) is 13.7. The van der Waals surface area contributed by atoms with Crippen LogP contribution >= 0.6 is 15.9 Å². The Morgan fingerprint density at radius 3 is 2.78 bits per heavy atom. The third kappa shape index (κ3) is 4.23. The van der Waals surface area contributed by atoms with Crippen LogP contribution in [0.25, 0.3) is 0 Å². The summed E-state index contributed by atoms with van der Waals surface area (Å²) in [5, 5.41) is 11.4. The number of halogens is 3. The molecule has 0 radical (unpaired) electrons. The molecule has 1 atom stereocenters. The standard InChI is InChI=1S/C11H12BrF2NO3/c1-6(10(16)17)15-5-7-3-2-4-8(12)9(7)18-11(13)14/h2-4,6,11,15H,5H2,1H3,(H,16,17). The van der Waals surface area contributed by atoms with Gasteiger partial charge < -0.3 is 15.2 Å². The van der Waals surface area contributed by atoms with E-state index in [0.29, 0.717) is 10.0 Å². The number of ether oxygens (including phenoxy) is 1. The molecule has 0 spiro atoms. The normalized spacial score (nSPS) is 12.5. The number of nitrogens with one attached hydrogen (secondary N) is 1. The minimum absolute atomic E-state index is 0.0117. The van der Waals surface area contributed by atoms with Crippen molar-refractivity contribution in [1.82, 2.24) is 5.32 Å². The summed E-state index contributed by atoms with van der Waals surface area (Å²) in [6.07, 6.45) is 0. The summed E-state index contributed by atoms with van der Waals surface area (Å²) in [6.45, 7) is -1.34. The SMILES string of the molecule is CC(NCc1cccc(Br)c1OC(F)F)C(=O)O. The summed E-state index contributed by atoms with van der Waals surface area (Å²) >= 11 is 3.11. The number of aliphatic carboxylic acids is 1. The smallest absolute Gasteiger partial charge is 0.387 e. The van der Waals surface area contributed by atoms with E-state index >= 15 is 0 Å². The summed E-state index contributed by atoms with van der Waals surface area (Å²) in [6, 6.07) is 4.04. The van der Waals surface area contributed by atoms with Gasteiger partial charge in [-0.2, -0.15) is 8.78 Å². The second kappa shape index (κ2) is 6.65. The Morgan fingerprint density at radius 2 is 2.22 bits per heavy atom. The number of para-hydroxylation sites is 1. The number of rotatable bonds is 6. The van der Waals surface area contributed by atoms with Crippen LogP contribution < -0.4 is 10.1 Å². The molecule has 0 bridgehead atoms. The molecule has 18 heavy (non-hydrogen) atoms. The van der Waals surface area contributed by atoms with Crippen molar-refractivity contribution in [1.29, 1.82) is 0 Å². The second-order valence-corrected chi connectivity index (χ2v) is 4.40. The number of carboxylic acids is 1. The highest BCUT2D eigenvalue weighted by molar-refractivity contribution is 9.10. The topological polar surface area (TPSA) is 58.6 Å². The van der Waals surface area contributed by atoms with E-state index in [-0.39, 0.29) is 12.3 Å². The Labute approximate surface area is 111 Å². The Bertz CT molecular complexity index is 429. The molecule has 0 heterocycles. The van der Waals surface area contributed by atoms with E-state index in [1.807, 2.05) is 0 Å². The molecule has 0 fully saturated rings. The molecule has 1 aromatic carbocycles. The van der Waals surface area contributed by atoms with Crippen molar-refractivity contribution in [3.8, 4) is 5.75 Å². The van der Waals surface area contributed by atoms with Crippen molar-refractivity contribution in [2.45, 2.75) is 26.1 Å². The molecule has 0 aromatic heterocycles. The maximum atomic E-state index is 12.3. The minimum Gasteiger partial charge on any atom is -0.480 e. The van der Waals surface area contributed by atoms with E-state index in [2.05, 4.69) is 26.0 Å². The number of carboxylic acid groups (broad SMARTS) is 1. The van der Waals surface area contributed by atoms with Gasteiger partial charge in [-0.3, -0.25) is 4.79 Å². The molecule has 1 aromatic rings. The average molecular weight is 324 g/mol. The van der Waals surface area contributed by atoms with E-state index in [1.54, 1.807) is 18.2 Å². The van der Waals surface area contributed by atoms with Gasteiger partial charge in [-0.1, -0.05) is 12.1 Å². The predicted molar refractivity (Wildman–Crippen MR) is 64.7 cm³/mol. The van der Waals surface area contributed by atoms with Crippen LogP contribution in [-0.4, -0.2) is 23.7 Å². The summed E-state index contributed by atoms with van der Waals surface area (Å²) in [4.78, 5) is 10.6. The van der Waals surface area contributed by atoms with Crippen LogP contribution in [0.15, 0.2) is 22.7 Å². The molecule has 0 aliphatic rings. The lowest BCUT2D eigenvalue weighted by molar-refractivity contribution is -0.139. The number of hydrogen-bond acceptors (Lipinski definition) is 3. The van der Waals surface area contributed by atoms with E-state index < -0.39 is 18.6 Å². The lowest BCUT2D eigenvalue weighted by atomic mass is 10.2. The van der Waals surface area contributed by atoms with Gasteiger partial charge in [0.25, 0.3) is 0 Å². The van der Waals surface area contributed by atoms with Gasteiger partial charge in [0.05, 0.1) is 4.47 Å². The van der Waals surface area contributed by atoms with Gasteiger partial charge in [0.2, 0.25) is 0 Å². The fourth-order valence-electron chi connectivity index (χ4n) is 1.26. The third-order valence-corrected chi connectivity index (χ3v) is 2.85. The Balaban J connectivity index is 2.81. The Hall–Kier alpha value is -1.21. The van der Waals surface area contributed by atoms with Crippen molar-refractivity contribution < 1.29 is 23.4 Å². The number of carbonyl (C=O) groups is 1. The number of hydrogen-bond donors (Lipinski definition) is 2. The number of alkyl halides is 2. The summed E-state index contributed by atoms with van der Waals surface area (Å²) in [7, 11) is 0. The van der Waals surface area contributed by atoms with Gasteiger partial charge >= 0.3 is 12.6 Å². The molecule has 7 heteroatoms. The van der Waals surface area contributed by atoms with Crippen LogP contribution in [0.5, 0.6) is 5.75 Å². The highest BCUT2D eigenvalue weighted by Crippen LogP contribution is 2.30. The zero-order valence-electron chi connectivity index (χ0n) is 9.49. The van der Waals surface area contributed by atoms with E-state index in [0.717, 1.165) is 0 Å². The Kier molecular flexibility index (Phi) is 5.49. The summed E-state index contributed by atoms with van der Waals surface area (Å²) < 4.78 is 29.3. The highest BCUT2D eigenvalue weighted by atomic mass is 79.9. The van der Waals surface area contributed by atoms with Gasteiger partial charge in [0.15, 0.2) is 0 Å². The van der Waals surface area contributed by atoms with Crippen molar-refractivity contribution in [2.24, 2.45) is 0 Å². The fourth-order valence-corrected chi connectivity index (χ4v) is 1.76. The van der Waals surface area contributed by atoms with Gasteiger partial charge in [-0.15, -0.1) is 0 Å². The first-order chi connectivity index (χ1) is 8.41. The lowest BCUT2D eigenvalue weighted by Crippen LogP contribution is -2.33. The molecule has 0 saturated carbocycles. The van der Waals surface area contributed by atoms with Crippen molar-refractivity contribution in [2.75, 3.05) is 0 Å². The molecule has 0 saturated heterocycles. The quantitative estimate of drug-likeness (QED) is 0.845. The van der Waals surface area contributed by atoms with E-state index in [1.165, 1.54) is 6.92 Å². The van der Waals surface area contributed by atoms with Crippen LogP contribution in [0.2, 0.25) is 0 Å². The molecular weight excluding hydrogens is 312 g/mol. The zero-order valence-corrected chi connectivity index (χ0v) is 11.1. The van der Waals surface area contributed by atoms with Gasteiger partial charge in [0, 0.05) is 12.1 Å². The molecule has 1 unspecified atom stereocenters. The van der Waals surface area contributed by atoms with Crippen molar-refractivity contribution >= 4 is 21.9 Å². The monoisotopic (exact) mass is 323 g/mol. The van der Waals surface area contributed by atoms with E-state index in [9.17, 15) is 13.6 Å². The van der Waals surface area contributed by atoms with Gasteiger partial charge in [-0.25, -0.2) is 0 Å². The Morgan fingerprint density at radius 1 is 1.56 bits per heavy atom. The van der Waals surface area contributed by atoms with Crippen LogP contribution in [0, 0.1) is 0 Å². The maximum absolute atomic E-state index is 12.3. The fraction of sp³-hybridized carbons (Fsp3) is 0.364. The second-order valence-electron chi connectivity index (χ2n) is 3.55. The van der Waals surface area contributed by atoms with Crippen molar-refractivity contribution in [3.63, 3.8) is 0 Å². The largest absolute Gasteiger partial charge is 0.480 e. The van der Waals surface area contributed by atoms with E-state index in [4.69, 9.17) is 5.11 Å². The molecule has 0 amide bonds. The molecule has 0 aliphatic heterocycles. The third-order valence-electron chi connectivity index (χ3n) is 2.22. The summed E-state index contributed by atoms with van der Waals surface area (Å²) in [5.74, 6) is -1.00. The molecule has 100 valence electrons. The van der Waals surface area contributed by atoms with Gasteiger partial charge in [-0.05, 0) is 28.9 Å². The van der Waals surface area contributed by atoms with Crippen LogP contribution in [0.1, 0.15) is 12.5 Å². The van der Waals surface area contributed by atoms with Gasteiger partial charge in [0.1, 0.15) is 11.8 Å². The molecule has 2 N–H and O–H groups in total.